The highest BCUT2D eigenvalue weighted by atomic mass is 79.9. The molecule has 3 rings (SSSR count). The molecule has 2 aromatic heterocycles. The number of rotatable bonds is 3. The minimum Gasteiger partial charge on any atom is -0.472 e. The van der Waals surface area contributed by atoms with Crippen molar-refractivity contribution in [1.29, 1.82) is 0 Å². The maximum atomic E-state index is 5.89. The van der Waals surface area contributed by atoms with Gasteiger partial charge in [-0.05, 0) is 34.1 Å². The lowest BCUT2D eigenvalue weighted by Gasteiger charge is -2.18. The van der Waals surface area contributed by atoms with Gasteiger partial charge in [0.25, 0.3) is 0 Å². The number of anilines is 1. The van der Waals surface area contributed by atoms with E-state index in [2.05, 4.69) is 30.8 Å². The lowest BCUT2D eigenvalue weighted by Crippen LogP contribution is -2.24. The first-order chi connectivity index (χ1) is 9.31. The van der Waals surface area contributed by atoms with Crippen molar-refractivity contribution in [3.8, 4) is 5.88 Å². The average molecular weight is 320 g/mol. The molecular formula is C14H14BrN3O. The van der Waals surface area contributed by atoms with Gasteiger partial charge in [-0.2, -0.15) is 0 Å². The summed E-state index contributed by atoms with van der Waals surface area (Å²) in [5, 5.41) is 0. The van der Waals surface area contributed by atoms with Crippen LogP contribution in [-0.2, 0) is 0 Å². The molecule has 1 atom stereocenters. The highest BCUT2D eigenvalue weighted by Gasteiger charge is 2.24. The maximum absolute atomic E-state index is 5.89. The second-order valence-corrected chi connectivity index (χ2v) is 5.41. The molecule has 5 heteroatoms. The van der Waals surface area contributed by atoms with Crippen molar-refractivity contribution in [3.63, 3.8) is 0 Å². The number of pyridine rings is 2. The summed E-state index contributed by atoms with van der Waals surface area (Å²) in [5.41, 5.74) is 1.20. The minimum atomic E-state index is 0.196. The standard InChI is InChI=1S/C14H14BrN3O/c15-11-1-2-14(17-9-11)19-13-5-8-18(10-13)12-3-6-16-7-4-12/h1-4,6-7,9,13H,5,8,10H2/t13-/m1/s1. The molecule has 1 aliphatic rings. The molecule has 1 aliphatic heterocycles. The van der Waals surface area contributed by atoms with Gasteiger partial charge < -0.3 is 9.64 Å². The fraction of sp³-hybridized carbons (Fsp3) is 0.286. The molecule has 3 heterocycles. The monoisotopic (exact) mass is 319 g/mol. The first kappa shape index (κ1) is 12.4. The molecular weight excluding hydrogens is 306 g/mol. The number of hydrogen-bond donors (Lipinski definition) is 0. The zero-order chi connectivity index (χ0) is 13.1. The maximum Gasteiger partial charge on any atom is 0.213 e. The normalized spacial score (nSPS) is 18.6. The van der Waals surface area contributed by atoms with Crippen LogP contribution in [0.15, 0.2) is 47.3 Å². The molecule has 0 radical (unpaired) electrons. The van der Waals surface area contributed by atoms with E-state index in [1.807, 2.05) is 36.7 Å². The first-order valence-electron chi connectivity index (χ1n) is 6.24. The second kappa shape index (κ2) is 5.57. The fourth-order valence-electron chi connectivity index (χ4n) is 2.22. The van der Waals surface area contributed by atoms with Gasteiger partial charge in [-0.3, -0.25) is 4.98 Å². The molecule has 2 aromatic rings. The second-order valence-electron chi connectivity index (χ2n) is 4.49. The molecule has 1 fully saturated rings. The molecule has 0 amide bonds. The molecule has 0 saturated carbocycles. The third-order valence-corrected chi connectivity index (χ3v) is 3.63. The highest BCUT2D eigenvalue weighted by molar-refractivity contribution is 9.10. The van der Waals surface area contributed by atoms with Crippen molar-refractivity contribution in [1.82, 2.24) is 9.97 Å². The number of ether oxygens (including phenoxy) is 1. The summed E-state index contributed by atoms with van der Waals surface area (Å²) in [6.07, 6.45) is 6.60. The van der Waals surface area contributed by atoms with E-state index in [4.69, 9.17) is 4.74 Å². The van der Waals surface area contributed by atoms with Gasteiger partial charge >= 0.3 is 0 Å². The zero-order valence-electron chi connectivity index (χ0n) is 10.4. The van der Waals surface area contributed by atoms with Crippen LogP contribution >= 0.6 is 15.9 Å². The Bertz CT molecular complexity index is 532. The van der Waals surface area contributed by atoms with Crippen LogP contribution in [0.1, 0.15) is 6.42 Å². The fourth-order valence-corrected chi connectivity index (χ4v) is 2.45. The van der Waals surface area contributed by atoms with Crippen molar-refractivity contribution >= 4 is 21.6 Å². The SMILES string of the molecule is Brc1ccc(O[C@@H]2CCN(c3ccncc3)C2)nc1. The van der Waals surface area contributed by atoms with Crippen LogP contribution < -0.4 is 9.64 Å². The molecule has 1 saturated heterocycles. The quantitative estimate of drug-likeness (QED) is 0.872. The summed E-state index contributed by atoms with van der Waals surface area (Å²) < 4.78 is 6.86. The van der Waals surface area contributed by atoms with Crippen molar-refractivity contribution in [2.24, 2.45) is 0 Å². The van der Waals surface area contributed by atoms with Crippen LogP contribution in [-0.4, -0.2) is 29.2 Å². The van der Waals surface area contributed by atoms with Gasteiger partial charge in [-0.1, -0.05) is 0 Å². The van der Waals surface area contributed by atoms with E-state index in [0.29, 0.717) is 5.88 Å². The van der Waals surface area contributed by atoms with E-state index in [1.165, 1.54) is 5.69 Å². The Kier molecular flexibility index (Phi) is 3.64. The first-order valence-corrected chi connectivity index (χ1v) is 7.04. The summed E-state index contributed by atoms with van der Waals surface area (Å²) in [4.78, 5) is 10.6. The number of nitrogens with zero attached hydrogens (tertiary/aromatic N) is 3. The molecule has 0 aliphatic carbocycles. The average Bonchev–Trinajstić information content (AvgIpc) is 2.91. The van der Waals surface area contributed by atoms with Crippen LogP contribution in [0.25, 0.3) is 0 Å². The Hall–Kier alpha value is -1.62. The predicted molar refractivity (Wildman–Crippen MR) is 77.4 cm³/mol. The Labute approximate surface area is 120 Å². The molecule has 0 bridgehead atoms. The Morgan fingerprint density at radius 3 is 2.79 bits per heavy atom. The van der Waals surface area contributed by atoms with Crippen LogP contribution in [0.4, 0.5) is 5.69 Å². The molecule has 0 unspecified atom stereocenters. The number of hydrogen-bond acceptors (Lipinski definition) is 4. The van der Waals surface area contributed by atoms with Gasteiger partial charge in [0, 0.05) is 47.8 Å². The lowest BCUT2D eigenvalue weighted by molar-refractivity contribution is 0.216. The lowest BCUT2D eigenvalue weighted by atomic mass is 10.3. The molecule has 0 spiro atoms. The van der Waals surface area contributed by atoms with Crippen molar-refractivity contribution in [2.75, 3.05) is 18.0 Å². The summed E-state index contributed by atoms with van der Waals surface area (Å²) >= 11 is 3.37. The van der Waals surface area contributed by atoms with Gasteiger partial charge in [-0.15, -0.1) is 0 Å². The van der Waals surface area contributed by atoms with Crippen LogP contribution in [0.2, 0.25) is 0 Å². The smallest absolute Gasteiger partial charge is 0.213 e. The van der Waals surface area contributed by atoms with E-state index < -0.39 is 0 Å². The van der Waals surface area contributed by atoms with Crippen LogP contribution in [0.3, 0.4) is 0 Å². The third-order valence-electron chi connectivity index (χ3n) is 3.16. The third kappa shape index (κ3) is 3.04. The zero-order valence-corrected chi connectivity index (χ0v) is 12.0. The van der Waals surface area contributed by atoms with E-state index in [0.717, 1.165) is 24.0 Å². The number of aromatic nitrogens is 2. The van der Waals surface area contributed by atoms with Gasteiger partial charge in [0.05, 0.1) is 6.54 Å². The summed E-state index contributed by atoms with van der Waals surface area (Å²) in [6.45, 7) is 1.90. The minimum absolute atomic E-state index is 0.196. The highest BCUT2D eigenvalue weighted by Crippen LogP contribution is 2.22. The molecule has 19 heavy (non-hydrogen) atoms. The molecule has 98 valence electrons. The van der Waals surface area contributed by atoms with E-state index in [1.54, 1.807) is 6.20 Å². The molecule has 4 nitrogen and oxygen atoms in total. The van der Waals surface area contributed by atoms with Gasteiger partial charge in [0.2, 0.25) is 5.88 Å². The molecule has 0 N–H and O–H groups in total. The Morgan fingerprint density at radius 2 is 2.05 bits per heavy atom. The summed E-state index contributed by atoms with van der Waals surface area (Å²) in [7, 11) is 0. The van der Waals surface area contributed by atoms with E-state index >= 15 is 0 Å². The Balaban J connectivity index is 1.62. The van der Waals surface area contributed by atoms with Crippen molar-refractivity contribution in [2.45, 2.75) is 12.5 Å². The van der Waals surface area contributed by atoms with E-state index in [-0.39, 0.29) is 6.10 Å². The van der Waals surface area contributed by atoms with Gasteiger partial charge in [-0.25, -0.2) is 4.98 Å². The largest absolute Gasteiger partial charge is 0.472 e. The van der Waals surface area contributed by atoms with Crippen molar-refractivity contribution < 1.29 is 4.74 Å². The summed E-state index contributed by atoms with van der Waals surface area (Å²) in [5.74, 6) is 0.685. The molecule has 0 aromatic carbocycles. The number of halogens is 1. The summed E-state index contributed by atoms with van der Waals surface area (Å²) in [6, 6.07) is 7.89. The topological polar surface area (TPSA) is 38.2 Å². The van der Waals surface area contributed by atoms with Crippen LogP contribution in [0.5, 0.6) is 5.88 Å². The van der Waals surface area contributed by atoms with Crippen molar-refractivity contribution in [3.05, 3.63) is 47.3 Å². The van der Waals surface area contributed by atoms with E-state index in [9.17, 15) is 0 Å². The van der Waals surface area contributed by atoms with Crippen LogP contribution in [0, 0.1) is 0 Å². The predicted octanol–water partition coefficient (Wildman–Crippen LogP) is 2.90. The van der Waals surface area contributed by atoms with Gasteiger partial charge in [0.15, 0.2) is 0 Å². The Morgan fingerprint density at radius 1 is 1.21 bits per heavy atom. The van der Waals surface area contributed by atoms with Gasteiger partial charge in [0.1, 0.15) is 6.10 Å².